The molecular weight excluding hydrogens is 323 g/mol. The highest BCUT2D eigenvalue weighted by molar-refractivity contribution is 6.06. The molecule has 2 aromatic rings. The minimum absolute atomic E-state index is 0.0849. The Morgan fingerprint density at radius 2 is 1.75 bits per heavy atom. The van der Waals surface area contributed by atoms with E-state index < -0.39 is 23.6 Å². The number of carboxylic acids is 1. The van der Waals surface area contributed by atoms with Crippen LogP contribution in [0.25, 0.3) is 6.08 Å². The van der Waals surface area contributed by atoms with Gasteiger partial charge < -0.3 is 10.4 Å². The number of hydrogen-bond acceptors (Lipinski definition) is 2. The van der Waals surface area contributed by atoms with Crippen LogP contribution in [0.3, 0.4) is 0 Å². The first kappa shape index (κ1) is 17.3. The van der Waals surface area contributed by atoms with Gasteiger partial charge in [0.05, 0.1) is 16.8 Å². The summed E-state index contributed by atoms with van der Waals surface area (Å²) >= 11 is 0. The van der Waals surface area contributed by atoms with E-state index in [1.807, 2.05) is 0 Å². The topological polar surface area (TPSA) is 66.4 Å². The molecule has 0 unspecified atom stereocenters. The molecule has 2 rings (SSSR count). The van der Waals surface area contributed by atoms with E-state index in [0.717, 1.165) is 18.2 Å². The summed E-state index contributed by atoms with van der Waals surface area (Å²) in [5, 5.41) is 11.4. The summed E-state index contributed by atoms with van der Waals surface area (Å²) in [7, 11) is 0. The number of carbonyl (C=O) groups excluding carboxylic acids is 1. The predicted octanol–water partition coefficient (Wildman–Crippen LogP) is 4.06. The van der Waals surface area contributed by atoms with Crippen molar-refractivity contribution in [2.45, 2.75) is 6.18 Å². The Kier molecular flexibility index (Phi) is 5.03. The number of carbonyl (C=O) groups is 2. The van der Waals surface area contributed by atoms with Gasteiger partial charge in [-0.2, -0.15) is 13.2 Å². The molecule has 0 radical (unpaired) electrons. The third kappa shape index (κ3) is 4.45. The van der Waals surface area contributed by atoms with Crippen LogP contribution in [0.15, 0.2) is 54.6 Å². The number of para-hydroxylation sites is 1. The van der Waals surface area contributed by atoms with Gasteiger partial charge in [0.25, 0.3) is 0 Å². The molecule has 1 amide bonds. The molecule has 4 nitrogen and oxygen atoms in total. The zero-order chi connectivity index (χ0) is 17.7. The third-order valence-electron chi connectivity index (χ3n) is 3.06. The van der Waals surface area contributed by atoms with Crippen LogP contribution in [0.4, 0.5) is 18.9 Å². The van der Waals surface area contributed by atoms with Crippen LogP contribution < -0.4 is 5.32 Å². The van der Waals surface area contributed by atoms with E-state index in [1.54, 1.807) is 6.07 Å². The van der Waals surface area contributed by atoms with Gasteiger partial charge in [-0.15, -0.1) is 0 Å². The minimum Gasteiger partial charge on any atom is -0.478 e. The van der Waals surface area contributed by atoms with Gasteiger partial charge in [0.2, 0.25) is 5.91 Å². The van der Waals surface area contributed by atoms with Gasteiger partial charge in [0.1, 0.15) is 0 Å². The molecule has 0 atom stereocenters. The molecule has 0 aliphatic rings. The van der Waals surface area contributed by atoms with Crippen molar-refractivity contribution in [1.29, 1.82) is 0 Å². The Labute approximate surface area is 135 Å². The maximum Gasteiger partial charge on any atom is 0.416 e. The maximum atomic E-state index is 12.6. The summed E-state index contributed by atoms with van der Waals surface area (Å²) in [6, 6.07) is 10.3. The summed E-state index contributed by atoms with van der Waals surface area (Å²) in [5.74, 6) is -1.85. The van der Waals surface area contributed by atoms with Crippen molar-refractivity contribution >= 4 is 23.6 Å². The summed E-state index contributed by atoms with van der Waals surface area (Å²) < 4.78 is 37.8. The average molecular weight is 335 g/mol. The van der Waals surface area contributed by atoms with Crippen LogP contribution in [0.2, 0.25) is 0 Å². The largest absolute Gasteiger partial charge is 0.478 e. The molecule has 7 heteroatoms. The van der Waals surface area contributed by atoms with Crippen molar-refractivity contribution in [2.24, 2.45) is 0 Å². The molecule has 0 fully saturated rings. The third-order valence-corrected chi connectivity index (χ3v) is 3.06. The molecule has 2 N–H and O–H groups in total. The van der Waals surface area contributed by atoms with Crippen molar-refractivity contribution in [3.05, 3.63) is 71.3 Å². The molecule has 0 aliphatic heterocycles. The highest BCUT2D eigenvalue weighted by Gasteiger charge is 2.30. The lowest BCUT2D eigenvalue weighted by Gasteiger charge is -2.07. The van der Waals surface area contributed by atoms with Gasteiger partial charge in [-0.05, 0) is 35.9 Å². The maximum absolute atomic E-state index is 12.6. The predicted molar refractivity (Wildman–Crippen MR) is 82.5 cm³/mol. The normalized spacial score (nSPS) is 11.5. The quantitative estimate of drug-likeness (QED) is 0.828. The monoisotopic (exact) mass is 335 g/mol. The average Bonchev–Trinajstić information content (AvgIpc) is 2.53. The molecular formula is C17H12F3NO3. The summed E-state index contributed by atoms with van der Waals surface area (Å²) in [4.78, 5) is 22.9. The summed E-state index contributed by atoms with van der Waals surface area (Å²) in [5.41, 5.74) is -0.602. The van der Waals surface area contributed by atoms with Crippen molar-refractivity contribution in [2.75, 3.05) is 5.32 Å². The molecule has 0 bridgehead atoms. The molecule has 24 heavy (non-hydrogen) atoms. The van der Waals surface area contributed by atoms with E-state index in [0.29, 0.717) is 0 Å². The number of halogens is 3. The molecule has 0 heterocycles. The molecule has 0 saturated carbocycles. The van der Waals surface area contributed by atoms with Crippen molar-refractivity contribution in [1.82, 2.24) is 0 Å². The number of nitrogens with one attached hydrogen (secondary N) is 1. The molecule has 0 spiro atoms. The summed E-state index contributed by atoms with van der Waals surface area (Å²) in [6.07, 6.45) is -2.21. The highest BCUT2D eigenvalue weighted by atomic mass is 19.4. The van der Waals surface area contributed by atoms with Crippen LogP contribution in [0.1, 0.15) is 21.5 Å². The van der Waals surface area contributed by atoms with Crippen LogP contribution in [0.5, 0.6) is 0 Å². The Bertz CT molecular complexity index is 798. The first-order chi connectivity index (χ1) is 11.3. The van der Waals surface area contributed by atoms with Crippen LogP contribution in [-0.4, -0.2) is 17.0 Å². The number of alkyl halides is 3. The van der Waals surface area contributed by atoms with Crippen LogP contribution in [-0.2, 0) is 11.0 Å². The Hall–Kier alpha value is -3.09. The van der Waals surface area contributed by atoms with Gasteiger partial charge in [0.15, 0.2) is 0 Å². The van der Waals surface area contributed by atoms with Crippen molar-refractivity contribution in [3.8, 4) is 0 Å². The second kappa shape index (κ2) is 6.99. The second-order valence-corrected chi connectivity index (χ2v) is 4.80. The van der Waals surface area contributed by atoms with Crippen molar-refractivity contribution in [3.63, 3.8) is 0 Å². The number of benzene rings is 2. The lowest BCUT2D eigenvalue weighted by molar-refractivity contribution is -0.137. The van der Waals surface area contributed by atoms with E-state index in [1.165, 1.54) is 36.4 Å². The van der Waals surface area contributed by atoms with E-state index in [9.17, 15) is 22.8 Å². The number of amides is 1. The van der Waals surface area contributed by atoms with Crippen LogP contribution >= 0.6 is 0 Å². The van der Waals surface area contributed by atoms with Gasteiger partial charge in [-0.25, -0.2) is 4.79 Å². The SMILES string of the molecule is O=C(C=Cc1cccc(C(F)(F)F)c1)Nc1ccccc1C(=O)O. The highest BCUT2D eigenvalue weighted by Crippen LogP contribution is 2.29. The van der Waals surface area contributed by atoms with Gasteiger partial charge >= 0.3 is 12.1 Å². The fourth-order valence-electron chi connectivity index (χ4n) is 1.94. The molecule has 0 aromatic heterocycles. The number of hydrogen-bond donors (Lipinski definition) is 2. The number of aromatic carboxylic acids is 1. The Morgan fingerprint density at radius 1 is 1.04 bits per heavy atom. The van der Waals surface area contributed by atoms with Gasteiger partial charge in [0, 0.05) is 6.08 Å². The first-order valence-corrected chi connectivity index (χ1v) is 6.76. The fraction of sp³-hybridized carbons (Fsp3) is 0.0588. The summed E-state index contributed by atoms with van der Waals surface area (Å²) in [6.45, 7) is 0. The number of anilines is 1. The lowest BCUT2D eigenvalue weighted by atomic mass is 10.1. The lowest BCUT2D eigenvalue weighted by Crippen LogP contribution is -2.11. The van der Waals surface area contributed by atoms with Gasteiger partial charge in [-0.3, -0.25) is 4.79 Å². The fourth-order valence-corrected chi connectivity index (χ4v) is 1.94. The molecule has 0 saturated heterocycles. The zero-order valence-electron chi connectivity index (χ0n) is 12.2. The zero-order valence-corrected chi connectivity index (χ0v) is 12.2. The first-order valence-electron chi connectivity index (χ1n) is 6.76. The van der Waals surface area contributed by atoms with Crippen molar-refractivity contribution < 1.29 is 27.9 Å². The molecule has 0 aliphatic carbocycles. The standard InChI is InChI=1S/C17H12F3NO3/c18-17(19,20)12-5-3-4-11(10-12)8-9-15(22)21-14-7-2-1-6-13(14)16(23)24/h1-10H,(H,21,22)(H,23,24). The Balaban J connectivity index is 2.13. The van der Waals surface area contributed by atoms with E-state index in [4.69, 9.17) is 5.11 Å². The number of rotatable bonds is 4. The molecule has 2 aromatic carbocycles. The minimum atomic E-state index is -4.47. The van der Waals surface area contributed by atoms with E-state index in [2.05, 4.69) is 5.32 Å². The van der Waals surface area contributed by atoms with Gasteiger partial charge in [-0.1, -0.05) is 24.3 Å². The molecule has 124 valence electrons. The van der Waals surface area contributed by atoms with E-state index >= 15 is 0 Å². The smallest absolute Gasteiger partial charge is 0.416 e. The van der Waals surface area contributed by atoms with E-state index in [-0.39, 0.29) is 16.8 Å². The number of carboxylic acid groups (broad SMARTS) is 1. The second-order valence-electron chi connectivity index (χ2n) is 4.80. The van der Waals surface area contributed by atoms with Crippen LogP contribution in [0, 0.1) is 0 Å². The Morgan fingerprint density at radius 3 is 2.42 bits per heavy atom.